The summed E-state index contributed by atoms with van der Waals surface area (Å²) in [5, 5.41) is 11.1. The monoisotopic (exact) mass is 408 g/mol. The van der Waals surface area contributed by atoms with Crippen LogP contribution in [0.3, 0.4) is 0 Å². The third-order valence-electron chi connectivity index (χ3n) is 4.19. The maximum atomic E-state index is 14.2. The number of carbonyl (C=O) groups excluding carboxylic acids is 1. The molecule has 1 amide bonds. The van der Waals surface area contributed by atoms with Gasteiger partial charge in [0.25, 0.3) is 5.91 Å². The summed E-state index contributed by atoms with van der Waals surface area (Å²) in [6, 6.07) is 11.4. The number of anilines is 1. The first kappa shape index (κ1) is 19.4. The van der Waals surface area contributed by atoms with Crippen molar-refractivity contribution in [3.05, 3.63) is 66.3 Å². The quantitative estimate of drug-likeness (QED) is 0.501. The molecule has 3 heterocycles. The van der Waals surface area contributed by atoms with Gasteiger partial charge in [-0.05, 0) is 18.2 Å². The predicted octanol–water partition coefficient (Wildman–Crippen LogP) is 2.77. The van der Waals surface area contributed by atoms with E-state index in [2.05, 4.69) is 25.5 Å². The summed E-state index contributed by atoms with van der Waals surface area (Å²) < 4.78 is 25.5. The Morgan fingerprint density at radius 3 is 2.87 bits per heavy atom. The van der Waals surface area contributed by atoms with Crippen molar-refractivity contribution in [2.45, 2.75) is 6.54 Å². The second kappa shape index (κ2) is 8.62. The highest BCUT2D eigenvalue weighted by Gasteiger charge is 2.17. The highest BCUT2D eigenvalue weighted by molar-refractivity contribution is 5.90. The van der Waals surface area contributed by atoms with Crippen LogP contribution in [-0.2, 0) is 16.1 Å². The topological polar surface area (TPSA) is 108 Å². The summed E-state index contributed by atoms with van der Waals surface area (Å²) in [4.78, 5) is 20.3. The maximum absolute atomic E-state index is 14.2. The van der Waals surface area contributed by atoms with Crippen LogP contribution in [0.5, 0.6) is 0 Å². The minimum atomic E-state index is -0.337. The largest absolute Gasteiger partial charge is 0.375 e. The number of hydrogen-bond acceptors (Lipinski definition) is 7. The van der Waals surface area contributed by atoms with E-state index in [9.17, 15) is 9.18 Å². The van der Waals surface area contributed by atoms with Crippen molar-refractivity contribution in [3.8, 4) is 22.9 Å². The average Bonchev–Trinajstić information content (AvgIpc) is 3.40. The normalized spacial score (nSPS) is 10.9. The van der Waals surface area contributed by atoms with E-state index in [0.717, 1.165) is 0 Å². The lowest BCUT2D eigenvalue weighted by Gasteiger charge is -2.06. The summed E-state index contributed by atoms with van der Waals surface area (Å²) in [5.74, 6) is -0.0637. The first-order valence-electron chi connectivity index (χ1n) is 8.98. The molecule has 0 fully saturated rings. The maximum Gasteiger partial charge on any atom is 0.251 e. The van der Waals surface area contributed by atoms with Crippen LogP contribution >= 0.6 is 0 Å². The van der Waals surface area contributed by atoms with Crippen molar-refractivity contribution < 1.29 is 18.4 Å². The van der Waals surface area contributed by atoms with Gasteiger partial charge < -0.3 is 14.6 Å². The third kappa shape index (κ3) is 4.23. The Balaban J connectivity index is 1.70. The molecule has 10 heteroatoms. The zero-order valence-corrected chi connectivity index (χ0v) is 15.9. The highest BCUT2D eigenvalue weighted by Crippen LogP contribution is 2.25. The Labute approximate surface area is 170 Å². The van der Waals surface area contributed by atoms with Crippen LogP contribution in [-0.4, -0.2) is 44.5 Å². The molecule has 1 N–H and O–H groups in total. The van der Waals surface area contributed by atoms with Crippen LogP contribution in [0.1, 0.15) is 5.56 Å². The Kier molecular flexibility index (Phi) is 5.57. The summed E-state index contributed by atoms with van der Waals surface area (Å²) >= 11 is 0. The van der Waals surface area contributed by atoms with E-state index in [1.807, 2.05) is 0 Å². The Morgan fingerprint density at radius 1 is 1.23 bits per heavy atom. The van der Waals surface area contributed by atoms with Crippen molar-refractivity contribution >= 4 is 11.7 Å². The van der Waals surface area contributed by atoms with Crippen LogP contribution in [0.25, 0.3) is 22.9 Å². The van der Waals surface area contributed by atoms with Crippen LogP contribution < -0.4 is 5.32 Å². The first-order valence-corrected chi connectivity index (χ1v) is 8.98. The van der Waals surface area contributed by atoms with E-state index in [0.29, 0.717) is 34.3 Å². The number of halogens is 1. The molecule has 0 aliphatic heterocycles. The molecule has 0 saturated carbocycles. The standard InChI is InChI=1S/C20H17FN6O3/c1-29-12-19(28)23-18-6-8-22-20(24-18)16-10-17(15-7-9-30-26-15)27(25-16)11-13-4-2-3-5-14(13)21/h2-10H,11-12H2,1H3,(H,22,23,24,28). The number of carbonyl (C=O) groups is 1. The number of methoxy groups -OCH3 is 1. The molecule has 0 bridgehead atoms. The molecule has 152 valence electrons. The van der Waals surface area contributed by atoms with E-state index in [4.69, 9.17) is 9.26 Å². The van der Waals surface area contributed by atoms with Gasteiger partial charge in [0.05, 0.1) is 12.2 Å². The van der Waals surface area contributed by atoms with E-state index in [1.54, 1.807) is 41.1 Å². The van der Waals surface area contributed by atoms with Gasteiger partial charge in [0.15, 0.2) is 5.82 Å². The van der Waals surface area contributed by atoms with Gasteiger partial charge in [0.1, 0.15) is 35.9 Å². The number of aromatic nitrogens is 5. The lowest BCUT2D eigenvalue weighted by Crippen LogP contribution is -2.18. The van der Waals surface area contributed by atoms with Crippen molar-refractivity contribution in [3.63, 3.8) is 0 Å². The molecule has 3 aromatic heterocycles. The zero-order chi connectivity index (χ0) is 20.9. The number of nitrogens with one attached hydrogen (secondary N) is 1. The lowest BCUT2D eigenvalue weighted by atomic mass is 10.2. The molecule has 0 aliphatic carbocycles. The molecule has 0 unspecified atom stereocenters. The van der Waals surface area contributed by atoms with Gasteiger partial charge >= 0.3 is 0 Å². The molecular formula is C20H17FN6O3. The first-order chi connectivity index (χ1) is 14.6. The highest BCUT2D eigenvalue weighted by atomic mass is 19.1. The van der Waals surface area contributed by atoms with Gasteiger partial charge in [-0.15, -0.1) is 0 Å². The summed E-state index contributed by atoms with van der Waals surface area (Å²) in [7, 11) is 1.43. The predicted molar refractivity (Wildman–Crippen MR) is 105 cm³/mol. The second-order valence-electron chi connectivity index (χ2n) is 6.30. The number of amides is 1. The zero-order valence-electron chi connectivity index (χ0n) is 15.9. The minimum Gasteiger partial charge on any atom is -0.375 e. The molecule has 4 rings (SSSR count). The van der Waals surface area contributed by atoms with Gasteiger partial charge in [-0.3, -0.25) is 9.48 Å². The number of ether oxygens (including phenoxy) is 1. The molecule has 9 nitrogen and oxygen atoms in total. The van der Waals surface area contributed by atoms with Gasteiger partial charge in [0.2, 0.25) is 0 Å². The number of nitrogens with zero attached hydrogens (tertiary/aromatic N) is 5. The summed E-state index contributed by atoms with van der Waals surface area (Å²) in [6.45, 7) is 0.0893. The van der Waals surface area contributed by atoms with Gasteiger partial charge in [-0.25, -0.2) is 14.4 Å². The van der Waals surface area contributed by atoms with Crippen LogP contribution in [0, 0.1) is 5.82 Å². The van der Waals surface area contributed by atoms with E-state index in [1.165, 1.54) is 25.6 Å². The van der Waals surface area contributed by atoms with Crippen molar-refractivity contribution in [1.82, 2.24) is 24.9 Å². The van der Waals surface area contributed by atoms with Crippen LogP contribution in [0.15, 0.2) is 59.4 Å². The van der Waals surface area contributed by atoms with Crippen molar-refractivity contribution in [2.75, 3.05) is 19.0 Å². The molecule has 0 spiro atoms. The average molecular weight is 408 g/mol. The molecule has 0 saturated heterocycles. The summed E-state index contributed by atoms with van der Waals surface area (Å²) in [6.07, 6.45) is 2.95. The van der Waals surface area contributed by atoms with Crippen molar-refractivity contribution in [1.29, 1.82) is 0 Å². The summed E-state index contributed by atoms with van der Waals surface area (Å²) in [5.41, 5.74) is 2.06. The third-order valence-corrected chi connectivity index (χ3v) is 4.19. The molecule has 0 radical (unpaired) electrons. The van der Waals surface area contributed by atoms with Crippen LogP contribution in [0.4, 0.5) is 10.2 Å². The molecule has 4 aromatic rings. The molecular weight excluding hydrogens is 391 g/mol. The van der Waals surface area contributed by atoms with E-state index >= 15 is 0 Å². The number of benzene rings is 1. The van der Waals surface area contributed by atoms with Gasteiger partial charge in [0, 0.05) is 24.9 Å². The second-order valence-corrected chi connectivity index (χ2v) is 6.30. The fraction of sp³-hybridized carbons (Fsp3) is 0.150. The Hall–Kier alpha value is -3.92. The SMILES string of the molecule is COCC(=O)Nc1ccnc(-c2cc(-c3ccon3)n(Cc3ccccc3F)n2)n1. The Morgan fingerprint density at radius 2 is 2.10 bits per heavy atom. The molecule has 1 aromatic carbocycles. The number of rotatable bonds is 7. The molecule has 0 aliphatic rings. The van der Waals surface area contributed by atoms with Crippen molar-refractivity contribution in [2.24, 2.45) is 0 Å². The smallest absolute Gasteiger partial charge is 0.251 e. The minimum absolute atomic E-state index is 0.0904. The lowest BCUT2D eigenvalue weighted by molar-refractivity contribution is -0.119. The van der Waals surface area contributed by atoms with E-state index in [-0.39, 0.29) is 24.9 Å². The van der Waals surface area contributed by atoms with Crippen LogP contribution in [0.2, 0.25) is 0 Å². The molecule has 30 heavy (non-hydrogen) atoms. The van der Waals surface area contributed by atoms with E-state index < -0.39 is 0 Å². The Bertz CT molecular complexity index is 1160. The fourth-order valence-electron chi connectivity index (χ4n) is 2.85. The molecule has 0 atom stereocenters. The fourth-order valence-corrected chi connectivity index (χ4v) is 2.85. The van der Waals surface area contributed by atoms with Gasteiger partial charge in [-0.1, -0.05) is 23.4 Å². The van der Waals surface area contributed by atoms with Gasteiger partial charge in [-0.2, -0.15) is 5.10 Å². The number of hydrogen-bond donors (Lipinski definition) is 1.